The molecule has 1 aromatic heterocycles. The number of halogens is 1. The van der Waals surface area contributed by atoms with Gasteiger partial charge in [-0.05, 0) is 57.4 Å². The molecule has 0 spiro atoms. The number of nitrogens with zero attached hydrogens (tertiary/aromatic N) is 3. The van der Waals surface area contributed by atoms with Gasteiger partial charge in [0, 0.05) is 12.1 Å². The molecule has 7 nitrogen and oxygen atoms in total. The first-order valence-corrected chi connectivity index (χ1v) is 10.9. The van der Waals surface area contributed by atoms with Crippen LogP contribution in [0.3, 0.4) is 0 Å². The molecule has 0 saturated carbocycles. The number of carbonyl (C=O) groups excluding carboxylic acids is 1. The molecule has 2 aromatic carbocycles. The normalized spacial score (nSPS) is 11.1. The minimum atomic E-state index is -0.172. The number of thiazole rings is 1. The summed E-state index contributed by atoms with van der Waals surface area (Å²) >= 11 is 7.77. The van der Waals surface area contributed by atoms with Crippen LogP contribution in [0.2, 0.25) is 5.02 Å². The third-order valence-corrected chi connectivity index (χ3v) is 6.30. The lowest BCUT2D eigenvalue weighted by atomic mass is 10.1. The predicted octanol–water partition coefficient (Wildman–Crippen LogP) is 4.57. The number of fused-ring (bicyclic) bond motifs is 1. The molecule has 0 atom stereocenters. The van der Waals surface area contributed by atoms with Crippen LogP contribution < -0.4 is 19.1 Å². The van der Waals surface area contributed by atoms with Gasteiger partial charge in [0.2, 0.25) is 0 Å². The fourth-order valence-electron chi connectivity index (χ4n) is 3.18. The van der Waals surface area contributed by atoms with E-state index < -0.39 is 0 Å². The zero-order valence-corrected chi connectivity index (χ0v) is 19.8. The molecule has 3 aromatic rings. The van der Waals surface area contributed by atoms with E-state index in [9.17, 15) is 4.79 Å². The van der Waals surface area contributed by atoms with E-state index >= 15 is 0 Å². The zero-order chi connectivity index (χ0) is 22.5. The fourth-order valence-corrected chi connectivity index (χ4v) is 4.46. The van der Waals surface area contributed by atoms with Crippen molar-refractivity contribution in [1.29, 1.82) is 0 Å². The Morgan fingerprint density at radius 3 is 2.32 bits per heavy atom. The highest BCUT2D eigenvalue weighted by Crippen LogP contribution is 2.39. The summed E-state index contributed by atoms with van der Waals surface area (Å²) in [6.45, 7) is 1.34. The van der Waals surface area contributed by atoms with Crippen molar-refractivity contribution in [3.05, 3.63) is 40.9 Å². The van der Waals surface area contributed by atoms with Crippen LogP contribution in [0.15, 0.2) is 30.3 Å². The molecule has 1 heterocycles. The maximum absolute atomic E-state index is 13.5. The topological polar surface area (TPSA) is 64.1 Å². The molecule has 1 amide bonds. The van der Waals surface area contributed by atoms with Crippen LogP contribution >= 0.6 is 22.9 Å². The number of rotatable bonds is 9. The maximum Gasteiger partial charge on any atom is 0.260 e. The van der Waals surface area contributed by atoms with E-state index in [-0.39, 0.29) is 5.91 Å². The van der Waals surface area contributed by atoms with Crippen LogP contribution in [0.1, 0.15) is 16.8 Å². The van der Waals surface area contributed by atoms with Crippen molar-refractivity contribution in [2.45, 2.75) is 6.42 Å². The summed E-state index contributed by atoms with van der Waals surface area (Å²) in [5.41, 5.74) is 1.13. The Bertz CT molecular complexity index is 1070. The number of benzene rings is 2. The number of hydrogen-bond donors (Lipinski definition) is 0. The highest BCUT2D eigenvalue weighted by atomic mass is 35.5. The molecule has 3 rings (SSSR count). The van der Waals surface area contributed by atoms with Gasteiger partial charge in [-0.2, -0.15) is 0 Å². The Hall–Kier alpha value is -2.55. The van der Waals surface area contributed by atoms with Gasteiger partial charge >= 0.3 is 0 Å². The smallest absolute Gasteiger partial charge is 0.260 e. The largest absolute Gasteiger partial charge is 0.494 e. The average molecular weight is 464 g/mol. The lowest BCUT2D eigenvalue weighted by Crippen LogP contribution is -2.33. The number of methoxy groups -OCH3 is 3. The molecule has 0 fully saturated rings. The summed E-state index contributed by atoms with van der Waals surface area (Å²) in [7, 11) is 8.70. The molecular formula is C22H26ClN3O4S. The second-order valence-electron chi connectivity index (χ2n) is 7.11. The number of aromatic nitrogens is 1. The fraction of sp³-hybridized carbons (Fsp3) is 0.364. The summed E-state index contributed by atoms with van der Waals surface area (Å²) in [6.07, 6.45) is 0.785. The van der Waals surface area contributed by atoms with Gasteiger partial charge in [-0.1, -0.05) is 22.9 Å². The summed E-state index contributed by atoms with van der Waals surface area (Å²) in [4.78, 5) is 22.0. The van der Waals surface area contributed by atoms with E-state index in [4.69, 9.17) is 30.8 Å². The number of anilines is 1. The molecule has 9 heteroatoms. The van der Waals surface area contributed by atoms with Gasteiger partial charge in [-0.15, -0.1) is 0 Å². The van der Waals surface area contributed by atoms with E-state index in [2.05, 4.69) is 4.90 Å². The molecule has 0 aliphatic rings. The van der Waals surface area contributed by atoms with Gasteiger partial charge in [-0.25, -0.2) is 4.98 Å². The lowest BCUT2D eigenvalue weighted by Gasteiger charge is -2.21. The van der Waals surface area contributed by atoms with Gasteiger partial charge < -0.3 is 19.1 Å². The third kappa shape index (κ3) is 5.03. The molecule has 0 radical (unpaired) electrons. The molecule has 0 aliphatic carbocycles. The van der Waals surface area contributed by atoms with Crippen LogP contribution in [0, 0.1) is 0 Å². The molecule has 0 aliphatic heterocycles. The maximum atomic E-state index is 13.5. The quantitative estimate of drug-likeness (QED) is 0.463. The van der Waals surface area contributed by atoms with E-state index in [0.29, 0.717) is 45.0 Å². The van der Waals surface area contributed by atoms with Crippen LogP contribution in [-0.2, 0) is 0 Å². The Morgan fingerprint density at radius 2 is 1.68 bits per heavy atom. The number of hydrogen-bond acceptors (Lipinski definition) is 7. The number of amides is 1. The van der Waals surface area contributed by atoms with Crippen molar-refractivity contribution in [2.24, 2.45) is 0 Å². The predicted molar refractivity (Wildman–Crippen MR) is 126 cm³/mol. The first-order valence-electron chi connectivity index (χ1n) is 9.71. The first-order chi connectivity index (χ1) is 14.9. The Morgan fingerprint density at radius 1 is 1.00 bits per heavy atom. The van der Waals surface area contributed by atoms with Crippen molar-refractivity contribution in [3.8, 4) is 17.2 Å². The molecule has 0 unspecified atom stereocenters. The van der Waals surface area contributed by atoms with Crippen molar-refractivity contribution >= 4 is 44.2 Å². The summed E-state index contributed by atoms with van der Waals surface area (Å²) in [6, 6.07) is 8.69. The van der Waals surface area contributed by atoms with E-state index in [1.807, 2.05) is 14.1 Å². The average Bonchev–Trinajstić information content (AvgIpc) is 3.22. The molecule has 0 saturated heterocycles. The van der Waals surface area contributed by atoms with Crippen LogP contribution in [0.5, 0.6) is 17.2 Å². The molecular weight excluding hydrogens is 438 g/mol. The minimum Gasteiger partial charge on any atom is -0.494 e. The lowest BCUT2D eigenvalue weighted by molar-refractivity contribution is 0.0985. The molecule has 0 bridgehead atoms. The third-order valence-electron chi connectivity index (χ3n) is 4.76. The van der Waals surface area contributed by atoms with Gasteiger partial charge in [0.1, 0.15) is 11.3 Å². The Labute approximate surface area is 191 Å². The monoisotopic (exact) mass is 463 g/mol. The van der Waals surface area contributed by atoms with Crippen molar-refractivity contribution < 1.29 is 19.0 Å². The van der Waals surface area contributed by atoms with Crippen LogP contribution in [-0.4, -0.2) is 64.3 Å². The SMILES string of the molecule is COc1ccc(C(=O)N(CCCN(C)C)c2nc3c(OC)ccc(Cl)c3s2)cc1OC. The van der Waals surface area contributed by atoms with Crippen LogP contribution in [0.4, 0.5) is 5.13 Å². The summed E-state index contributed by atoms with van der Waals surface area (Å²) in [5.74, 6) is 1.51. The summed E-state index contributed by atoms with van der Waals surface area (Å²) < 4.78 is 16.9. The summed E-state index contributed by atoms with van der Waals surface area (Å²) in [5, 5.41) is 1.14. The molecule has 31 heavy (non-hydrogen) atoms. The van der Waals surface area contributed by atoms with Crippen molar-refractivity contribution in [2.75, 3.05) is 53.4 Å². The number of ether oxygens (including phenoxy) is 3. The van der Waals surface area contributed by atoms with Crippen molar-refractivity contribution in [1.82, 2.24) is 9.88 Å². The zero-order valence-electron chi connectivity index (χ0n) is 18.3. The molecule has 0 N–H and O–H groups in total. The second kappa shape index (κ2) is 10.2. The number of carbonyl (C=O) groups is 1. The Kier molecular flexibility index (Phi) is 7.59. The van der Waals surface area contributed by atoms with Crippen molar-refractivity contribution in [3.63, 3.8) is 0 Å². The van der Waals surface area contributed by atoms with Crippen LogP contribution in [0.25, 0.3) is 10.2 Å². The highest BCUT2D eigenvalue weighted by molar-refractivity contribution is 7.23. The second-order valence-corrected chi connectivity index (χ2v) is 8.49. The van der Waals surface area contributed by atoms with E-state index in [0.717, 1.165) is 17.7 Å². The minimum absolute atomic E-state index is 0.172. The van der Waals surface area contributed by atoms with Gasteiger partial charge in [0.15, 0.2) is 16.6 Å². The van der Waals surface area contributed by atoms with Gasteiger partial charge in [0.05, 0.1) is 31.1 Å². The van der Waals surface area contributed by atoms with Gasteiger partial charge in [0.25, 0.3) is 5.91 Å². The van der Waals surface area contributed by atoms with E-state index in [1.165, 1.54) is 11.3 Å². The standard InChI is InChI=1S/C22H26ClN3O4S/c1-25(2)11-6-12-26(21(27)14-7-9-16(28-3)18(13-14)30-5)22-24-19-17(29-4)10-8-15(23)20(19)31-22/h7-10,13H,6,11-12H2,1-5H3. The van der Waals surface area contributed by atoms with Gasteiger partial charge in [-0.3, -0.25) is 9.69 Å². The first kappa shape index (κ1) is 23.1. The molecule has 166 valence electrons. The van der Waals surface area contributed by atoms with E-state index in [1.54, 1.807) is 56.6 Å². The Balaban J connectivity index is 2.03. The highest BCUT2D eigenvalue weighted by Gasteiger charge is 2.24.